The van der Waals surface area contributed by atoms with E-state index in [-0.39, 0.29) is 0 Å². The normalized spacial score (nSPS) is 17.7. The fourth-order valence-corrected chi connectivity index (χ4v) is 4.38. The summed E-state index contributed by atoms with van der Waals surface area (Å²) in [6.07, 6.45) is 1.91. The van der Waals surface area contributed by atoms with Gasteiger partial charge >= 0.3 is 6.03 Å². The van der Waals surface area contributed by atoms with E-state index in [0.717, 1.165) is 43.9 Å². The minimum absolute atomic E-state index is 0.333. The molecule has 2 heterocycles. The molecule has 0 spiro atoms. The number of benzene rings is 2. The van der Waals surface area contributed by atoms with Crippen LogP contribution in [0.15, 0.2) is 30.3 Å². The zero-order valence-electron chi connectivity index (χ0n) is 15.9. The summed E-state index contributed by atoms with van der Waals surface area (Å²) in [7, 11) is 3.31. The molecule has 2 aliphatic rings. The average Bonchev–Trinajstić information content (AvgIpc) is 2.71. The van der Waals surface area contributed by atoms with Crippen molar-refractivity contribution in [3.63, 3.8) is 0 Å². The first-order chi connectivity index (χ1) is 13.6. The third-order valence-electron chi connectivity index (χ3n) is 5.36. The van der Waals surface area contributed by atoms with Crippen LogP contribution in [0.25, 0.3) is 0 Å². The van der Waals surface area contributed by atoms with Crippen LogP contribution < -0.4 is 24.1 Å². The topological polar surface area (TPSA) is 86.1 Å². The van der Waals surface area contributed by atoms with Gasteiger partial charge in [0.2, 0.25) is 0 Å². The number of rotatable bonds is 5. The molecule has 28 heavy (non-hydrogen) atoms. The fraction of sp³-hybridized carbons (Fsp3) is 0.350. The molecule has 0 radical (unpaired) electrons. The summed E-state index contributed by atoms with van der Waals surface area (Å²) in [6.45, 7) is 1.89. The Labute approximate surface area is 168 Å². The first-order valence-electron chi connectivity index (χ1n) is 9.08. The number of ether oxygens (including phenoxy) is 2. The van der Waals surface area contributed by atoms with Crippen LogP contribution in [0.4, 0.5) is 4.79 Å². The van der Waals surface area contributed by atoms with Crippen molar-refractivity contribution in [2.45, 2.75) is 25.4 Å². The van der Waals surface area contributed by atoms with Gasteiger partial charge in [0.25, 0.3) is 0 Å². The number of nitrogens with two attached hydrogens (primary N) is 1. The zero-order chi connectivity index (χ0) is 19.7. The van der Waals surface area contributed by atoms with E-state index < -0.39 is 6.03 Å². The molecule has 1 unspecified atom stereocenters. The summed E-state index contributed by atoms with van der Waals surface area (Å²) in [5.74, 6) is 2.11. The molecule has 0 aliphatic carbocycles. The lowest BCUT2D eigenvalue weighted by Gasteiger charge is -2.41. The largest absolute Gasteiger partial charge is 0.497 e. The van der Waals surface area contributed by atoms with E-state index in [2.05, 4.69) is 21.8 Å². The van der Waals surface area contributed by atoms with Crippen LogP contribution in [0.5, 0.6) is 17.2 Å². The van der Waals surface area contributed by atoms with Crippen molar-refractivity contribution in [1.29, 1.82) is 0 Å². The second-order valence-corrected chi connectivity index (χ2v) is 7.45. The number of hydrogen-bond donors (Lipinski definition) is 2. The van der Waals surface area contributed by atoms with Crippen molar-refractivity contribution in [1.82, 2.24) is 9.62 Å². The summed E-state index contributed by atoms with van der Waals surface area (Å²) >= 11 is 0.781. The Morgan fingerprint density at radius 2 is 1.96 bits per heavy atom. The molecular weight excluding hydrogens is 378 g/mol. The maximum Gasteiger partial charge on any atom is 0.324 e. The van der Waals surface area contributed by atoms with Crippen molar-refractivity contribution in [3.8, 4) is 17.2 Å². The molecule has 3 N–H and O–H groups in total. The second kappa shape index (κ2) is 7.81. The predicted molar refractivity (Wildman–Crippen MR) is 107 cm³/mol. The van der Waals surface area contributed by atoms with Crippen molar-refractivity contribution >= 4 is 18.3 Å². The maximum atomic E-state index is 10.9. The van der Waals surface area contributed by atoms with Crippen molar-refractivity contribution in [3.05, 3.63) is 52.6 Å². The summed E-state index contributed by atoms with van der Waals surface area (Å²) in [4.78, 5) is 13.4. The number of nitrogens with zero attached hydrogens (tertiary/aromatic N) is 1. The molecule has 2 aromatic rings. The van der Waals surface area contributed by atoms with Gasteiger partial charge < -0.3 is 19.4 Å². The molecule has 0 saturated carbocycles. The van der Waals surface area contributed by atoms with Crippen LogP contribution in [0.1, 0.15) is 28.3 Å². The molecule has 7 nitrogen and oxygen atoms in total. The SMILES string of the molecule is COc1ccc2c(c1)CCN1Cc3cc(OC)c(OSNC(N)=O)cc3CC21. The highest BCUT2D eigenvalue weighted by molar-refractivity contribution is 7.93. The standard InChI is InChI=1S/C20H23N3O4S/c1-25-15-3-4-16-12(7-15)5-6-23-11-14-10-18(26-2)19(27-28-22-20(21)24)9-13(14)8-17(16)23/h3-4,7,9-10,17H,5-6,8,11H2,1-2H3,(H3,21,22,24). The summed E-state index contributed by atoms with van der Waals surface area (Å²) < 4.78 is 18.8. The summed E-state index contributed by atoms with van der Waals surface area (Å²) in [5, 5.41) is 0. The van der Waals surface area contributed by atoms with E-state index in [1.54, 1.807) is 14.2 Å². The lowest BCUT2D eigenvalue weighted by molar-refractivity contribution is 0.160. The number of nitrogens with one attached hydrogen (secondary N) is 1. The van der Waals surface area contributed by atoms with Crippen molar-refractivity contribution in [2.75, 3.05) is 20.8 Å². The molecule has 0 saturated heterocycles. The molecule has 4 rings (SSSR count). The highest BCUT2D eigenvalue weighted by atomic mass is 32.2. The van der Waals surface area contributed by atoms with Crippen LogP contribution in [-0.2, 0) is 19.4 Å². The van der Waals surface area contributed by atoms with E-state index >= 15 is 0 Å². The van der Waals surface area contributed by atoms with Crippen LogP contribution in [0, 0.1) is 0 Å². The highest BCUT2D eigenvalue weighted by Gasteiger charge is 2.33. The number of carbonyl (C=O) groups excluding carboxylic acids is 1. The highest BCUT2D eigenvalue weighted by Crippen LogP contribution is 2.42. The van der Waals surface area contributed by atoms with Gasteiger partial charge in [-0.15, -0.1) is 0 Å². The first-order valence-corrected chi connectivity index (χ1v) is 9.83. The van der Waals surface area contributed by atoms with Gasteiger partial charge in [-0.25, -0.2) is 9.52 Å². The van der Waals surface area contributed by atoms with Gasteiger partial charge in [-0.05, 0) is 59.4 Å². The third-order valence-corrected chi connectivity index (χ3v) is 5.91. The monoisotopic (exact) mass is 401 g/mol. The molecule has 0 fully saturated rings. The minimum Gasteiger partial charge on any atom is -0.497 e. The fourth-order valence-electron chi connectivity index (χ4n) is 4.04. The van der Waals surface area contributed by atoms with Gasteiger partial charge in [0.05, 0.1) is 14.2 Å². The van der Waals surface area contributed by atoms with Crippen LogP contribution in [0.2, 0.25) is 0 Å². The van der Waals surface area contributed by atoms with Crippen LogP contribution in [-0.4, -0.2) is 31.7 Å². The molecule has 2 aromatic carbocycles. The second-order valence-electron chi connectivity index (χ2n) is 6.91. The molecule has 2 amide bonds. The zero-order valence-corrected chi connectivity index (χ0v) is 16.7. The van der Waals surface area contributed by atoms with E-state index in [4.69, 9.17) is 19.4 Å². The Morgan fingerprint density at radius 1 is 1.14 bits per heavy atom. The predicted octanol–water partition coefficient (Wildman–Crippen LogP) is 2.97. The van der Waals surface area contributed by atoms with Gasteiger partial charge in [-0.1, -0.05) is 6.07 Å². The lowest BCUT2D eigenvalue weighted by Crippen LogP contribution is -2.39. The molecule has 148 valence electrons. The quantitative estimate of drug-likeness (QED) is 0.592. The van der Waals surface area contributed by atoms with E-state index in [1.807, 2.05) is 18.2 Å². The Balaban J connectivity index is 1.62. The molecular formula is C20H23N3O4S. The number of hydrogen-bond acceptors (Lipinski definition) is 6. The molecule has 0 aromatic heterocycles. The molecule has 8 heteroatoms. The Kier molecular flexibility index (Phi) is 5.23. The van der Waals surface area contributed by atoms with Gasteiger partial charge in [-0.2, -0.15) is 0 Å². The Bertz CT molecular complexity index is 905. The Morgan fingerprint density at radius 3 is 2.71 bits per heavy atom. The summed E-state index contributed by atoms with van der Waals surface area (Å²) in [5.41, 5.74) is 10.3. The number of amides is 2. The number of carbonyl (C=O) groups is 1. The van der Waals surface area contributed by atoms with Gasteiger partial charge in [0.1, 0.15) is 5.75 Å². The van der Waals surface area contributed by atoms with E-state index in [9.17, 15) is 4.79 Å². The molecule has 0 bridgehead atoms. The van der Waals surface area contributed by atoms with Gasteiger partial charge in [0.15, 0.2) is 23.7 Å². The summed E-state index contributed by atoms with van der Waals surface area (Å²) in [6, 6.07) is 10.1. The number of urea groups is 1. The Hall–Kier alpha value is -2.58. The lowest BCUT2D eigenvalue weighted by atomic mass is 9.84. The van der Waals surface area contributed by atoms with Crippen molar-refractivity contribution < 1.29 is 18.5 Å². The smallest absolute Gasteiger partial charge is 0.324 e. The van der Waals surface area contributed by atoms with Crippen LogP contribution >= 0.6 is 12.2 Å². The van der Waals surface area contributed by atoms with Crippen molar-refractivity contribution in [2.24, 2.45) is 5.73 Å². The third kappa shape index (κ3) is 3.57. The molecule has 1 atom stereocenters. The maximum absolute atomic E-state index is 10.9. The number of primary amides is 1. The molecule has 2 aliphatic heterocycles. The number of methoxy groups -OCH3 is 2. The van der Waals surface area contributed by atoms with Crippen LogP contribution in [0.3, 0.4) is 0 Å². The average molecular weight is 401 g/mol. The minimum atomic E-state index is -0.660. The first kappa shape index (κ1) is 18.8. The van der Waals surface area contributed by atoms with E-state index in [1.165, 1.54) is 22.3 Å². The van der Waals surface area contributed by atoms with Gasteiger partial charge in [0, 0.05) is 19.1 Å². The van der Waals surface area contributed by atoms with E-state index in [0.29, 0.717) is 17.5 Å². The van der Waals surface area contributed by atoms with Gasteiger partial charge in [-0.3, -0.25) is 4.90 Å². The number of fused-ring (bicyclic) bond motifs is 4.